The highest BCUT2D eigenvalue weighted by Crippen LogP contribution is 2.25. The van der Waals surface area contributed by atoms with Crippen molar-refractivity contribution in [3.63, 3.8) is 0 Å². The Balaban J connectivity index is 1.81. The smallest absolute Gasteiger partial charge is 0.243 e. The van der Waals surface area contributed by atoms with Crippen LogP contribution < -0.4 is 15.4 Å². The zero-order valence-electron chi connectivity index (χ0n) is 14.8. The number of hydrogen-bond donors (Lipinski definition) is 2. The molecule has 0 aromatic heterocycles. The summed E-state index contributed by atoms with van der Waals surface area (Å²) in [5.41, 5.74) is 1.53. The van der Waals surface area contributed by atoms with Gasteiger partial charge in [-0.2, -0.15) is 0 Å². The van der Waals surface area contributed by atoms with Gasteiger partial charge in [-0.1, -0.05) is 17.7 Å². The number of carbonyl (C=O) groups excluding carboxylic acids is 2. The van der Waals surface area contributed by atoms with E-state index in [9.17, 15) is 9.59 Å². The van der Waals surface area contributed by atoms with Crippen LogP contribution in [0.5, 0.6) is 5.75 Å². The molecule has 1 unspecified atom stereocenters. The van der Waals surface area contributed by atoms with Gasteiger partial charge in [0, 0.05) is 4.90 Å². The Morgan fingerprint density at radius 1 is 1.19 bits per heavy atom. The number of aryl methyl sites for hydroxylation is 1. The molecule has 0 aliphatic carbocycles. The average Bonchev–Trinajstić information content (AvgIpc) is 2.62. The van der Waals surface area contributed by atoms with Gasteiger partial charge in [-0.15, -0.1) is 11.8 Å². The van der Waals surface area contributed by atoms with E-state index < -0.39 is 0 Å². The van der Waals surface area contributed by atoms with Crippen molar-refractivity contribution in [2.45, 2.75) is 24.0 Å². The number of halogens is 1. The van der Waals surface area contributed by atoms with Crippen LogP contribution >= 0.6 is 23.4 Å². The molecule has 138 valence electrons. The monoisotopic (exact) mass is 392 g/mol. The van der Waals surface area contributed by atoms with Gasteiger partial charge in [0.15, 0.2) is 0 Å². The second kappa shape index (κ2) is 9.50. The van der Waals surface area contributed by atoms with Crippen molar-refractivity contribution in [1.82, 2.24) is 5.32 Å². The van der Waals surface area contributed by atoms with Gasteiger partial charge in [-0.05, 0) is 55.8 Å². The molecule has 0 saturated carbocycles. The number of methoxy groups -OCH3 is 1. The van der Waals surface area contributed by atoms with Crippen molar-refractivity contribution < 1.29 is 14.3 Å². The number of nitrogens with one attached hydrogen (secondary N) is 2. The summed E-state index contributed by atoms with van der Waals surface area (Å²) >= 11 is 7.49. The van der Waals surface area contributed by atoms with Gasteiger partial charge in [0.25, 0.3) is 0 Å². The van der Waals surface area contributed by atoms with Crippen molar-refractivity contribution in [3.8, 4) is 5.75 Å². The molecule has 5 nitrogen and oxygen atoms in total. The standard InChI is InChI=1S/C19H21ClN2O3S/c1-12-4-9-17(16(20)10-12)22-18(23)11-21-19(24)13(2)26-15-7-5-14(25-3)6-8-15/h4-10,13H,11H2,1-3H3,(H,21,24)(H,22,23). The van der Waals surface area contributed by atoms with Crippen molar-refractivity contribution in [2.75, 3.05) is 19.0 Å². The topological polar surface area (TPSA) is 67.4 Å². The molecule has 0 fully saturated rings. The highest BCUT2D eigenvalue weighted by atomic mass is 35.5. The number of anilines is 1. The van der Waals surface area contributed by atoms with Crippen LogP contribution in [0.2, 0.25) is 5.02 Å². The molecule has 2 aromatic carbocycles. The SMILES string of the molecule is COc1ccc(SC(C)C(=O)NCC(=O)Nc2ccc(C)cc2Cl)cc1. The Labute approximate surface area is 162 Å². The van der Waals surface area contributed by atoms with E-state index in [-0.39, 0.29) is 23.6 Å². The zero-order chi connectivity index (χ0) is 19.1. The van der Waals surface area contributed by atoms with Gasteiger partial charge in [0.05, 0.1) is 29.6 Å². The largest absolute Gasteiger partial charge is 0.497 e. The fourth-order valence-electron chi connectivity index (χ4n) is 2.14. The Hall–Kier alpha value is -2.18. The summed E-state index contributed by atoms with van der Waals surface area (Å²) in [6.45, 7) is 3.59. The van der Waals surface area contributed by atoms with Crippen LogP contribution in [0.25, 0.3) is 0 Å². The summed E-state index contributed by atoms with van der Waals surface area (Å²) in [7, 11) is 1.60. The van der Waals surface area contributed by atoms with Crippen LogP contribution in [0.1, 0.15) is 12.5 Å². The highest BCUT2D eigenvalue weighted by molar-refractivity contribution is 8.00. The number of hydrogen-bond acceptors (Lipinski definition) is 4. The molecule has 2 N–H and O–H groups in total. The lowest BCUT2D eigenvalue weighted by Gasteiger charge is -2.13. The molecule has 2 amide bonds. The molecule has 0 heterocycles. The highest BCUT2D eigenvalue weighted by Gasteiger charge is 2.15. The van der Waals surface area contributed by atoms with Crippen LogP contribution in [-0.2, 0) is 9.59 Å². The van der Waals surface area contributed by atoms with Crippen LogP contribution in [0, 0.1) is 6.92 Å². The molecule has 0 aliphatic rings. The third kappa shape index (κ3) is 5.97. The van der Waals surface area contributed by atoms with Gasteiger partial charge in [-0.3, -0.25) is 9.59 Å². The maximum Gasteiger partial charge on any atom is 0.243 e. The minimum Gasteiger partial charge on any atom is -0.497 e. The van der Waals surface area contributed by atoms with E-state index in [4.69, 9.17) is 16.3 Å². The Bertz CT molecular complexity index is 781. The number of thioether (sulfide) groups is 1. The molecular weight excluding hydrogens is 372 g/mol. The van der Waals surface area contributed by atoms with Crippen molar-refractivity contribution in [3.05, 3.63) is 53.1 Å². The second-order valence-corrected chi connectivity index (χ2v) is 7.51. The predicted molar refractivity (Wildman–Crippen MR) is 106 cm³/mol. The first-order chi connectivity index (χ1) is 12.4. The third-order valence-electron chi connectivity index (χ3n) is 3.56. The summed E-state index contributed by atoms with van der Waals surface area (Å²) in [6.07, 6.45) is 0. The van der Waals surface area contributed by atoms with Gasteiger partial charge >= 0.3 is 0 Å². The molecule has 0 spiro atoms. The molecule has 0 saturated heterocycles. The van der Waals surface area contributed by atoms with Crippen LogP contribution in [-0.4, -0.2) is 30.7 Å². The fourth-order valence-corrected chi connectivity index (χ4v) is 3.31. The zero-order valence-corrected chi connectivity index (χ0v) is 16.4. The van der Waals surface area contributed by atoms with Crippen molar-refractivity contribution in [2.24, 2.45) is 0 Å². The maximum atomic E-state index is 12.2. The molecule has 0 bridgehead atoms. The maximum absolute atomic E-state index is 12.2. The lowest BCUT2D eigenvalue weighted by molar-refractivity contribution is -0.123. The Kier molecular flexibility index (Phi) is 7.36. The first-order valence-corrected chi connectivity index (χ1v) is 9.29. The van der Waals surface area contributed by atoms with Crippen molar-refractivity contribution in [1.29, 1.82) is 0 Å². The van der Waals surface area contributed by atoms with E-state index in [2.05, 4.69) is 10.6 Å². The predicted octanol–water partition coefficient (Wildman–Crippen LogP) is 3.89. The lowest BCUT2D eigenvalue weighted by Crippen LogP contribution is -2.37. The molecule has 7 heteroatoms. The second-order valence-electron chi connectivity index (χ2n) is 5.68. The molecule has 0 radical (unpaired) electrons. The van der Waals surface area contributed by atoms with E-state index in [1.165, 1.54) is 11.8 Å². The number of rotatable bonds is 7. The van der Waals surface area contributed by atoms with E-state index in [1.807, 2.05) is 37.3 Å². The third-order valence-corrected chi connectivity index (χ3v) is 4.99. The van der Waals surface area contributed by atoms with Gasteiger partial charge in [-0.25, -0.2) is 0 Å². The van der Waals surface area contributed by atoms with Crippen LogP contribution in [0.3, 0.4) is 0 Å². The van der Waals surface area contributed by atoms with E-state index in [0.29, 0.717) is 10.7 Å². The quantitative estimate of drug-likeness (QED) is 0.701. The average molecular weight is 393 g/mol. The number of carbonyl (C=O) groups is 2. The Morgan fingerprint density at radius 3 is 2.50 bits per heavy atom. The minimum atomic E-state index is -0.334. The van der Waals surface area contributed by atoms with Gasteiger partial charge in [0.2, 0.25) is 11.8 Å². The summed E-state index contributed by atoms with van der Waals surface area (Å²) in [4.78, 5) is 25.1. The minimum absolute atomic E-state index is 0.115. The number of amides is 2. The van der Waals surface area contributed by atoms with E-state index >= 15 is 0 Å². The lowest BCUT2D eigenvalue weighted by atomic mass is 10.2. The molecular formula is C19H21ClN2O3S. The fraction of sp³-hybridized carbons (Fsp3) is 0.263. The van der Waals surface area contributed by atoms with Gasteiger partial charge < -0.3 is 15.4 Å². The molecule has 1 atom stereocenters. The normalized spacial score (nSPS) is 11.5. The molecule has 2 rings (SSSR count). The molecule has 26 heavy (non-hydrogen) atoms. The van der Waals surface area contributed by atoms with E-state index in [0.717, 1.165) is 16.2 Å². The van der Waals surface area contributed by atoms with Gasteiger partial charge in [0.1, 0.15) is 5.75 Å². The molecule has 2 aromatic rings. The van der Waals surface area contributed by atoms with Crippen LogP contribution in [0.15, 0.2) is 47.4 Å². The Morgan fingerprint density at radius 2 is 1.88 bits per heavy atom. The van der Waals surface area contributed by atoms with E-state index in [1.54, 1.807) is 26.2 Å². The molecule has 0 aliphatic heterocycles. The summed E-state index contributed by atoms with van der Waals surface area (Å²) in [5.74, 6) is 0.222. The number of benzene rings is 2. The van der Waals surface area contributed by atoms with Crippen molar-refractivity contribution >= 4 is 40.9 Å². The number of ether oxygens (including phenoxy) is 1. The summed E-state index contributed by atoms with van der Waals surface area (Å²) in [6, 6.07) is 12.8. The first kappa shape index (κ1) is 20.1. The first-order valence-electron chi connectivity index (χ1n) is 8.03. The summed E-state index contributed by atoms with van der Waals surface area (Å²) < 4.78 is 5.11. The van der Waals surface area contributed by atoms with Crippen LogP contribution in [0.4, 0.5) is 5.69 Å². The summed E-state index contributed by atoms with van der Waals surface area (Å²) in [5, 5.41) is 5.46.